The lowest BCUT2D eigenvalue weighted by molar-refractivity contribution is 0.0747. The van der Waals surface area contributed by atoms with E-state index in [1.165, 1.54) is 51.6 Å². The minimum atomic E-state index is 0.507. The third-order valence-electron chi connectivity index (χ3n) is 6.60. The Morgan fingerprint density at radius 3 is 2.56 bits per heavy atom. The zero-order valence-electron chi connectivity index (χ0n) is 16.7. The first-order valence-corrected chi connectivity index (χ1v) is 10.4. The van der Waals surface area contributed by atoms with E-state index in [-0.39, 0.29) is 0 Å². The molecule has 27 heavy (non-hydrogen) atoms. The van der Waals surface area contributed by atoms with Crippen LogP contribution in [0.1, 0.15) is 57.9 Å². The largest absolute Gasteiger partial charge is 0.367 e. The summed E-state index contributed by atoms with van der Waals surface area (Å²) in [6.07, 6.45) is 11.2. The second-order valence-electron chi connectivity index (χ2n) is 9.05. The second kappa shape index (κ2) is 7.59. The normalized spacial score (nSPS) is 26.0. The number of rotatable bonds is 4. The number of hydrogen-bond donors (Lipinski definition) is 1. The lowest BCUT2D eigenvalue weighted by Crippen LogP contribution is -2.46. The number of nitrogens with one attached hydrogen (secondary N) is 1. The number of hydrogen-bond acceptors (Lipinski definition) is 4. The highest BCUT2D eigenvalue weighted by molar-refractivity contribution is 5.90. The Morgan fingerprint density at radius 1 is 1.11 bits per heavy atom. The molecule has 0 unspecified atom stereocenters. The number of nitrogens with zero attached hydrogens (tertiary/aromatic N) is 3. The predicted molar refractivity (Wildman–Crippen MR) is 114 cm³/mol. The van der Waals surface area contributed by atoms with E-state index in [9.17, 15) is 0 Å². The van der Waals surface area contributed by atoms with Crippen LogP contribution in [-0.4, -0.2) is 40.0 Å². The van der Waals surface area contributed by atoms with E-state index in [4.69, 9.17) is 0 Å². The molecule has 2 aromatic rings. The maximum atomic E-state index is 4.53. The van der Waals surface area contributed by atoms with Crippen molar-refractivity contribution in [3.8, 4) is 0 Å². The number of anilines is 1. The molecule has 4 rings (SSSR count). The smallest absolute Gasteiger partial charge is 0.137 e. The summed E-state index contributed by atoms with van der Waals surface area (Å²) in [5.74, 6) is 0.965. The molecule has 1 aliphatic heterocycles. The van der Waals surface area contributed by atoms with E-state index in [1.54, 1.807) is 6.33 Å². The van der Waals surface area contributed by atoms with Crippen LogP contribution in [0.15, 0.2) is 31.1 Å². The Balaban J connectivity index is 1.38. The van der Waals surface area contributed by atoms with Crippen LogP contribution < -0.4 is 5.32 Å². The van der Waals surface area contributed by atoms with Crippen molar-refractivity contribution in [2.45, 2.75) is 64.5 Å². The van der Waals surface area contributed by atoms with Gasteiger partial charge in [-0.05, 0) is 74.7 Å². The molecular formula is C23H32N4. The van der Waals surface area contributed by atoms with Gasteiger partial charge in [-0.15, -0.1) is 0 Å². The monoisotopic (exact) mass is 364 g/mol. The molecular weight excluding hydrogens is 332 g/mol. The summed E-state index contributed by atoms with van der Waals surface area (Å²) in [6, 6.07) is 7.51. The van der Waals surface area contributed by atoms with Crippen LogP contribution in [0.5, 0.6) is 0 Å². The van der Waals surface area contributed by atoms with Gasteiger partial charge in [0.25, 0.3) is 0 Å². The molecule has 4 heteroatoms. The van der Waals surface area contributed by atoms with Crippen molar-refractivity contribution in [3.63, 3.8) is 0 Å². The summed E-state index contributed by atoms with van der Waals surface area (Å²) in [4.78, 5) is 11.7. The molecule has 1 saturated heterocycles. The molecule has 1 aromatic carbocycles. The van der Waals surface area contributed by atoms with Gasteiger partial charge in [0.05, 0.1) is 5.52 Å². The van der Waals surface area contributed by atoms with Crippen molar-refractivity contribution < 1.29 is 0 Å². The summed E-state index contributed by atoms with van der Waals surface area (Å²) >= 11 is 0. The van der Waals surface area contributed by atoms with Gasteiger partial charge < -0.3 is 10.2 Å². The first kappa shape index (κ1) is 18.4. The van der Waals surface area contributed by atoms with Gasteiger partial charge in [-0.25, -0.2) is 9.97 Å². The van der Waals surface area contributed by atoms with Gasteiger partial charge in [-0.2, -0.15) is 0 Å². The number of aromatic nitrogens is 2. The standard InChI is InChI=1S/C23H32N4/c1-4-17-5-10-21-20(15-17)22(25-16-24-21)26-18-6-8-19(9-7-18)27-13-11-23(2,3)12-14-27/h4-5,10,15-16,18-19H,1,6-9,11-14H2,2-3H3,(H,24,25,26). The number of benzene rings is 1. The van der Waals surface area contributed by atoms with E-state index < -0.39 is 0 Å². The second-order valence-corrected chi connectivity index (χ2v) is 9.05. The first-order valence-electron chi connectivity index (χ1n) is 10.4. The molecule has 144 valence electrons. The van der Waals surface area contributed by atoms with Crippen LogP contribution in [0.2, 0.25) is 0 Å². The highest BCUT2D eigenvalue weighted by Gasteiger charge is 2.31. The SMILES string of the molecule is C=Cc1ccc2ncnc(NC3CCC(N4CCC(C)(C)CC4)CC3)c2c1. The van der Waals surface area contributed by atoms with Crippen LogP contribution >= 0.6 is 0 Å². The Labute approximate surface area is 163 Å². The van der Waals surface area contributed by atoms with E-state index in [2.05, 4.69) is 52.7 Å². The summed E-state index contributed by atoms with van der Waals surface area (Å²) < 4.78 is 0. The lowest BCUT2D eigenvalue weighted by atomic mass is 9.81. The van der Waals surface area contributed by atoms with E-state index >= 15 is 0 Å². The van der Waals surface area contributed by atoms with Crippen LogP contribution in [0.3, 0.4) is 0 Å². The minimum Gasteiger partial charge on any atom is -0.367 e. The predicted octanol–water partition coefficient (Wildman–Crippen LogP) is 5.12. The van der Waals surface area contributed by atoms with E-state index in [0.29, 0.717) is 11.5 Å². The quantitative estimate of drug-likeness (QED) is 0.818. The van der Waals surface area contributed by atoms with Crippen molar-refractivity contribution in [3.05, 3.63) is 36.7 Å². The lowest BCUT2D eigenvalue weighted by Gasteiger charge is -2.43. The Bertz CT molecular complexity index is 795. The average Bonchev–Trinajstić information content (AvgIpc) is 2.69. The fourth-order valence-corrected chi connectivity index (χ4v) is 4.59. The average molecular weight is 365 g/mol. The molecule has 2 heterocycles. The molecule has 0 radical (unpaired) electrons. The molecule has 1 aromatic heterocycles. The molecule has 4 nitrogen and oxygen atoms in total. The Morgan fingerprint density at radius 2 is 1.85 bits per heavy atom. The highest BCUT2D eigenvalue weighted by Crippen LogP contribution is 2.34. The summed E-state index contributed by atoms with van der Waals surface area (Å²) in [5, 5.41) is 4.80. The Hall–Kier alpha value is -1.94. The Kier molecular flexibility index (Phi) is 5.18. The molecule has 1 aliphatic carbocycles. The fraction of sp³-hybridized carbons (Fsp3) is 0.565. The summed E-state index contributed by atoms with van der Waals surface area (Å²) in [7, 11) is 0. The van der Waals surface area contributed by atoms with E-state index in [1.807, 2.05) is 12.1 Å². The zero-order chi connectivity index (χ0) is 18.9. The van der Waals surface area contributed by atoms with Gasteiger partial charge in [-0.1, -0.05) is 32.6 Å². The van der Waals surface area contributed by atoms with E-state index in [0.717, 1.165) is 28.3 Å². The summed E-state index contributed by atoms with van der Waals surface area (Å²) in [6.45, 7) is 11.3. The van der Waals surface area contributed by atoms with Crippen molar-refractivity contribution >= 4 is 22.8 Å². The van der Waals surface area contributed by atoms with Gasteiger partial charge in [-0.3, -0.25) is 0 Å². The van der Waals surface area contributed by atoms with Crippen molar-refractivity contribution in [2.75, 3.05) is 18.4 Å². The van der Waals surface area contributed by atoms with Crippen molar-refractivity contribution in [1.82, 2.24) is 14.9 Å². The van der Waals surface area contributed by atoms with Gasteiger partial charge >= 0.3 is 0 Å². The number of piperidine rings is 1. The van der Waals surface area contributed by atoms with Crippen molar-refractivity contribution in [1.29, 1.82) is 0 Å². The molecule has 2 aliphatic rings. The van der Waals surface area contributed by atoms with Crippen molar-refractivity contribution in [2.24, 2.45) is 5.41 Å². The molecule has 0 amide bonds. The van der Waals surface area contributed by atoms with Gasteiger partial charge in [0.1, 0.15) is 12.1 Å². The molecule has 1 saturated carbocycles. The highest BCUT2D eigenvalue weighted by atomic mass is 15.2. The zero-order valence-corrected chi connectivity index (χ0v) is 16.7. The molecule has 1 N–H and O–H groups in total. The topological polar surface area (TPSA) is 41.1 Å². The molecule has 0 atom stereocenters. The maximum Gasteiger partial charge on any atom is 0.137 e. The maximum absolute atomic E-state index is 4.53. The van der Waals surface area contributed by atoms with Crippen LogP contribution in [0.25, 0.3) is 17.0 Å². The van der Waals surface area contributed by atoms with Crippen LogP contribution in [-0.2, 0) is 0 Å². The van der Waals surface area contributed by atoms with Gasteiger partial charge in [0, 0.05) is 17.5 Å². The summed E-state index contributed by atoms with van der Waals surface area (Å²) in [5.41, 5.74) is 2.63. The molecule has 0 spiro atoms. The minimum absolute atomic E-state index is 0.507. The third-order valence-corrected chi connectivity index (χ3v) is 6.60. The first-order chi connectivity index (χ1) is 13.0. The molecule has 0 bridgehead atoms. The van der Waals surface area contributed by atoms with Gasteiger partial charge in [0.15, 0.2) is 0 Å². The van der Waals surface area contributed by atoms with Gasteiger partial charge in [0.2, 0.25) is 0 Å². The fourth-order valence-electron chi connectivity index (χ4n) is 4.59. The third kappa shape index (κ3) is 4.16. The number of likely N-dealkylation sites (tertiary alicyclic amines) is 1. The van der Waals surface area contributed by atoms with Crippen LogP contribution in [0.4, 0.5) is 5.82 Å². The van der Waals surface area contributed by atoms with Crippen LogP contribution in [0, 0.1) is 5.41 Å². The number of fused-ring (bicyclic) bond motifs is 1. The molecule has 2 fully saturated rings.